The number of unbranched alkanes of at least 4 members (excludes halogenated alkanes) is 2. The number of para-hydroxylation sites is 1. The van der Waals surface area contributed by atoms with E-state index >= 15 is 0 Å². The number of rotatable bonds is 7. The third kappa shape index (κ3) is 4.37. The summed E-state index contributed by atoms with van der Waals surface area (Å²) in [5.41, 5.74) is 1.15. The molecule has 108 valence electrons. The fraction of sp³-hybridized carbons (Fsp3) is 0.500. The van der Waals surface area contributed by atoms with Gasteiger partial charge in [0.05, 0.1) is 11.3 Å². The first-order chi connectivity index (χ1) is 9.70. The van der Waals surface area contributed by atoms with Gasteiger partial charge in [-0.15, -0.1) is 0 Å². The van der Waals surface area contributed by atoms with E-state index in [1.165, 1.54) is 0 Å². The zero-order chi connectivity index (χ0) is 14.4. The fourth-order valence-corrected chi connectivity index (χ4v) is 2.03. The molecule has 1 aromatic rings. The summed E-state index contributed by atoms with van der Waals surface area (Å²) in [6.45, 7) is 2.11. The summed E-state index contributed by atoms with van der Waals surface area (Å²) in [4.78, 5) is 23.9. The van der Waals surface area contributed by atoms with Gasteiger partial charge in [0, 0.05) is 12.5 Å². The quantitative estimate of drug-likeness (QED) is 0.751. The molecule has 0 bridgehead atoms. The van der Waals surface area contributed by atoms with E-state index in [-0.39, 0.29) is 11.8 Å². The van der Waals surface area contributed by atoms with Crippen LogP contribution >= 0.6 is 0 Å². The van der Waals surface area contributed by atoms with Crippen LogP contribution in [0, 0.1) is 0 Å². The van der Waals surface area contributed by atoms with Crippen molar-refractivity contribution in [2.24, 2.45) is 0 Å². The fourth-order valence-electron chi connectivity index (χ4n) is 2.03. The van der Waals surface area contributed by atoms with Crippen LogP contribution in [0.15, 0.2) is 24.3 Å². The van der Waals surface area contributed by atoms with Crippen molar-refractivity contribution in [2.75, 3.05) is 5.32 Å². The average Bonchev–Trinajstić information content (AvgIpc) is 3.23. The van der Waals surface area contributed by atoms with Crippen LogP contribution in [0.4, 0.5) is 5.69 Å². The second-order valence-corrected chi connectivity index (χ2v) is 5.30. The molecule has 0 radical (unpaired) electrons. The summed E-state index contributed by atoms with van der Waals surface area (Å²) in [5.74, 6) is -0.123. The molecule has 1 aliphatic carbocycles. The van der Waals surface area contributed by atoms with Crippen LogP contribution in [-0.2, 0) is 4.79 Å². The summed E-state index contributed by atoms with van der Waals surface area (Å²) in [6, 6.07) is 7.49. The monoisotopic (exact) mass is 274 g/mol. The maximum absolute atomic E-state index is 12.1. The number of hydrogen-bond acceptors (Lipinski definition) is 2. The van der Waals surface area contributed by atoms with E-state index in [0.29, 0.717) is 23.7 Å². The van der Waals surface area contributed by atoms with Crippen LogP contribution in [-0.4, -0.2) is 17.9 Å². The molecule has 2 amide bonds. The van der Waals surface area contributed by atoms with Gasteiger partial charge in [0.25, 0.3) is 5.91 Å². The van der Waals surface area contributed by atoms with Crippen molar-refractivity contribution in [1.82, 2.24) is 5.32 Å². The van der Waals surface area contributed by atoms with Crippen LogP contribution in [0.2, 0.25) is 0 Å². The van der Waals surface area contributed by atoms with Crippen LogP contribution in [0.25, 0.3) is 0 Å². The molecule has 2 N–H and O–H groups in total. The van der Waals surface area contributed by atoms with Gasteiger partial charge in [-0.1, -0.05) is 31.9 Å². The predicted octanol–water partition coefficient (Wildman–Crippen LogP) is 3.10. The molecule has 1 saturated carbocycles. The molecule has 0 saturated heterocycles. The Hall–Kier alpha value is -1.84. The Balaban J connectivity index is 1.95. The minimum Gasteiger partial charge on any atom is -0.349 e. The van der Waals surface area contributed by atoms with E-state index in [1.807, 2.05) is 12.1 Å². The minimum absolute atomic E-state index is 0.0230. The Morgan fingerprint density at radius 1 is 1.20 bits per heavy atom. The Kier molecular flexibility index (Phi) is 5.16. The Morgan fingerprint density at radius 2 is 1.95 bits per heavy atom. The zero-order valence-electron chi connectivity index (χ0n) is 11.9. The molecule has 1 aromatic carbocycles. The summed E-state index contributed by atoms with van der Waals surface area (Å²) in [7, 11) is 0. The second-order valence-electron chi connectivity index (χ2n) is 5.30. The molecular weight excluding hydrogens is 252 g/mol. The molecule has 2 rings (SSSR count). The van der Waals surface area contributed by atoms with Crippen LogP contribution in [0.5, 0.6) is 0 Å². The number of carbonyl (C=O) groups excluding carboxylic acids is 2. The van der Waals surface area contributed by atoms with Gasteiger partial charge in [-0.2, -0.15) is 0 Å². The first kappa shape index (κ1) is 14.6. The molecule has 0 spiro atoms. The molecule has 0 unspecified atom stereocenters. The maximum Gasteiger partial charge on any atom is 0.253 e. The molecule has 4 nitrogen and oxygen atoms in total. The molecule has 0 aliphatic heterocycles. The Bertz CT molecular complexity index is 481. The van der Waals surface area contributed by atoms with Crippen molar-refractivity contribution in [2.45, 2.75) is 51.5 Å². The number of nitrogens with one attached hydrogen (secondary N) is 2. The standard InChI is InChI=1S/C16H22N2O2/c1-2-3-4-9-15(19)18-14-8-6-5-7-13(14)16(20)17-12-10-11-12/h5-8,12H,2-4,9-11H2,1H3,(H,17,20)(H,18,19). The van der Waals surface area contributed by atoms with Crippen molar-refractivity contribution >= 4 is 17.5 Å². The van der Waals surface area contributed by atoms with Gasteiger partial charge in [0.15, 0.2) is 0 Å². The summed E-state index contributed by atoms with van der Waals surface area (Å²) < 4.78 is 0. The molecule has 4 heteroatoms. The third-order valence-electron chi connectivity index (χ3n) is 3.37. The zero-order valence-corrected chi connectivity index (χ0v) is 11.9. The Labute approximate surface area is 119 Å². The lowest BCUT2D eigenvalue weighted by Crippen LogP contribution is -2.26. The molecule has 0 atom stereocenters. The van der Waals surface area contributed by atoms with Crippen LogP contribution in [0.1, 0.15) is 55.8 Å². The smallest absolute Gasteiger partial charge is 0.253 e. The van der Waals surface area contributed by atoms with Crippen LogP contribution in [0.3, 0.4) is 0 Å². The highest BCUT2D eigenvalue weighted by molar-refractivity contribution is 6.03. The lowest BCUT2D eigenvalue weighted by molar-refractivity contribution is -0.116. The van der Waals surface area contributed by atoms with E-state index in [1.54, 1.807) is 12.1 Å². The minimum atomic E-state index is -0.100. The molecular formula is C16H22N2O2. The van der Waals surface area contributed by atoms with Gasteiger partial charge in [-0.3, -0.25) is 9.59 Å². The number of benzene rings is 1. The number of anilines is 1. The average molecular weight is 274 g/mol. The Morgan fingerprint density at radius 3 is 2.65 bits per heavy atom. The van der Waals surface area contributed by atoms with E-state index < -0.39 is 0 Å². The van der Waals surface area contributed by atoms with Gasteiger partial charge in [-0.05, 0) is 31.4 Å². The lowest BCUT2D eigenvalue weighted by Gasteiger charge is -2.11. The van der Waals surface area contributed by atoms with E-state index in [2.05, 4.69) is 17.6 Å². The van der Waals surface area contributed by atoms with Crippen molar-refractivity contribution in [3.63, 3.8) is 0 Å². The van der Waals surface area contributed by atoms with E-state index in [9.17, 15) is 9.59 Å². The first-order valence-electron chi connectivity index (χ1n) is 7.40. The summed E-state index contributed by atoms with van der Waals surface area (Å²) in [6.07, 6.45) is 5.64. The number of hydrogen-bond donors (Lipinski definition) is 2. The van der Waals surface area contributed by atoms with Crippen molar-refractivity contribution in [3.05, 3.63) is 29.8 Å². The van der Waals surface area contributed by atoms with Crippen molar-refractivity contribution < 1.29 is 9.59 Å². The highest BCUT2D eigenvalue weighted by atomic mass is 16.2. The molecule has 1 aliphatic rings. The predicted molar refractivity (Wildman–Crippen MR) is 79.7 cm³/mol. The van der Waals surface area contributed by atoms with Gasteiger partial charge in [0.1, 0.15) is 0 Å². The van der Waals surface area contributed by atoms with Gasteiger partial charge in [-0.25, -0.2) is 0 Å². The van der Waals surface area contributed by atoms with Gasteiger partial charge >= 0.3 is 0 Å². The maximum atomic E-state index is 12.1. The number of carbonyl (C=O) groups is 2. The number of amides is 2. The summed E-state index contributed by atoms with van der Waals surface area (Å²) in [5, 5.41) is 5.79. The highest BCUT2D eigenvalue weighted by Gasteiger charge is 2.24. The summed E-state index contributed by atoms with van der Waals surface area (Å²) >= 11 is 0. The van der Waals surface area contributed by atoms with Crippen molar-refractivity contribution in [1.29, 1.82) is 0 Å². The van der Waals surface area contributed by atoms with Gasteiger partial charge in [0.2, 0.25) is 5.91 Å². The lowest BCUT2D eigenvalue weighted by atomic mass is 10.1. The highest BCUT2D eigenvalue weighted by Crippen LogP contribution is 2.21. The van der Waals surface area contributed by atoms with Crippen LogP contribution < -0.4 is 10.6 Å². The second kappa shape index (κ2) is 7.08. The van der Waals surface area contributed by atoms with E-state index in [0.717, 1.165) is 32.1 Å². The van der Waals surface area contributed by atoms with E-state index in [4.69, 9.17) is 0 Å². The SMILES string of the molecule is CCCCCC(=O)Nc1ccccc1C(=O)NC1CC1. The largest absolute Gasteiger partial charge is 0.349 e. The third-order valence-corrected chi connectivity index (χ3v) is 3.37. The van der Waals surface area contributed by atoms with Gasteiger partial charge < -0.3 is 10.6 Å². The normalized spacial score (nSPS) is 13.8. The molecule has 1 fully saturated rings. The topological polar surface area (TPSA) is 58.2 Å². The molecule has 0 heterocycles. The first-order valence-corrected chi connectivity index (χ1v) is 7.40. The van der Waals surface area contributed by atoms with Crippen molar-refractivity contribution in [3.8, 4) is 0 Å². The molecule has 20 heavy (non-hydrogen) atoms. The molecule has 0 aromatic heterocycles.